The first kappa shape index (κ1) is 9.53. The summed E-state index contributed by atoms with van der Waals surface area (Å²) in [6, 6.07) is 0. The minimum absolute atomic E-state index is 0.314. The van der Waals surface area contributed by atoms with E-state index in [2.05, 4.69) is 19.6 Å². The molecule has 0 saturated heterocycles. The molecule has 0 spiro atoms. The smallest absolute Gasteiger partial charge is 0.0433 e. The Kier molecular flexibility index (Phi) is 3.54. The van der Waals surface area contributed by atoms with Crippen LogP contribution in [0.2, 0.25) is 0 Å². The molecule has 0 aromatic heterocycles. The summed E-state index contributed by atoms with van der Waals surface area (Å²) in [6.07, 6.45) is 6.47. The van der Waals surface area contributed by atoms with Crippen molar-refractivity contribution in [1.29, 1.82) is 0 Å². The minimum Gasteiger partial charge on any atom is -0.396 e. The van der Waals surface area contributed by atoms with E-state index >= 15 is 0 Å². The Hall–Kier alpha value is -0.560. The molecule has 12 heavy (non-hydrogen) atoms. The SMILES string of the molecule is C=C1C/C(=C\C)CC(CCO)C1. The highest BCUT2D eigenvalue weighted by Crippen LogP contribution is 2.32. The van der Waals surface area contributed by atoms with Gasteiger partial charge in [-0.2, -0.15) is 0 Å². The first-order chi connectivity index (χ1) is 5.76. The molecule has 0 aromatic rings. The fraction of sp³-hybridized carbons (Fsp3) is 0.636. The summed E-state index contributed by atoms with van der Waals surface area (Å²) >= 11 is 0. The molecule has 1 N–H and O–H groups in total. The van der Waals surface area contributed by atoms with E-state index in [-0.39, 0.29) is 0 Å². The van der Waals surface area contributed by atoms with Crippen LogP contribution in [-0.4, -0.2) is 11.7 Å². The van der Waals surface area contributed by atoms with Crippen LogP contribution in [-0.2, 0) is 0 Å². The summed E-state index contributed by atoms with van der Waals surface area (Å²) in [5.74, 6) is 0.641. The Bertz CT molecular complexity index is 191. The van der Waals surface area contributed by atoms with Crippen LogP contribution in [0.25, 0.3) is 0 Å². The highest BCUT2D eigenvalue weighted by molar-refractivity contribution is 5.17. The Labute approximate surface area is 74.8 Å². The van der Waals surface area contributed by atoms with E-state index in [1.54, 1.807) is 0 Å². The van der Waals surface area contributed by atoms with Crippen molar-refractivity contribution in [3.63, 3.8) is 0 Å². The Balaban J connectivity index is 2.51. The molecule has 0 amide bonds. The van der Waals surface area contributed by atoms with E-state index in [1.165, 1.54) is 11.1 Å². The lowest BCUT2D eigenvalue weighted by atomic mass is 9.81. The van der Waals surface area contributed by atoms with E-state index in [1.807, 2.05) is 0 Å². The maximum Gasteiger partial charge on any atom is 0.0433 e. The molecule has 1 saturated carbocycles. The Morgan fingerprint density at radius 2 is 2.33 bits per heavy atom. The third-order valence-corrected chi connectivity index (χ3v) is 2.55. The van der Waals surface area contributed by atoms with Gasteiger partial charge in [0.25, 0.3) is 0 Å². The van der Waals surface area contributed by atoms with E-state index in [9.17, 15) is 0 Å². The normalized spacial score (nSPS) is 28.0. The zero-order valence-corrected chi connectivity index (χ0v) is 7.84. The van der Waals surface area contributed by atoms with Gasteiger partial charge in [0.15, 0.2) is 0 Å². The molecular weight excluding hydrogens is 148 g/mol. The van der Waals surface area contributed by atoms with Crippen molar-refractivity contribution in [2.24, 2.45) is 5.92 Å². The van der Waals surface area contributed by atoms with Gasteiger partial charge in [-0.25, -0.2) is 0 Å². The van der Waals surface area contributed by atoms with Crippen LogP contribution in [0.1, 0.15) is 32.6 Å². The third kappa shape index (κ3) is 2.49. The summed E-state index contributed by atoms with van der Waals surface area (Å²) in [6.45, 7) is 6.42. The average Bonchev–Trinajstić information content (AvgIpc) is 2.04. The van der Waals surface area contributed by atoms with Crippen molar-refractivity contribution in [2.45, 2.75) is 32.6 Å². The predicted molar refractivity (Wildman–Crippen MR) is 51.9 cm³/mol. The number of aliphatic hydroxyl groups is 1. The van der Waals surface area contributed by atoms with Gasteiger partial charge >= 0.3 is 0 Å². The molecule has 68 valence electrons. The van der Waals surface area contributed by atoms with Gasteiger partial charge in [-0.1, -0.05) is 23.8 Å². The molecular formula is C11H18O. The molecule has 1 aliphatic carbocycles. The van der Waals surface area contributed by atoms with Crippen molar-refractivity contribution in [3.8, 4) is 0 Å². The summed E-state index contributed by atoms with van der Waals surface area (Å²) in [4.78, 5) is 0. The number of hydrogen-bond acceptors (Lipinski definition) is 1. The third-order valence-electron chi connectivity index (χ3n) is 2.55. The predicted octanol–water partition coefficient (Wildman–Crippen LogP) is 2.67. The first-order valence-corrected chi connectivity index (χ1v) is 4.67. The molecule has 1 rings (SSSR count). The fourth-order valence-electron chi connectivity index (χ4n) is 1.92. The molecule has 0 radical (unpaired) electrons. The molecule has 1 unspecified atom stereocenters. The average molecular weight is 166 g/mol. The number of rotatable bonds is 2. The minimum atomic E-state index is 0.314. The van der Waals surface area contributed by atoms with Crippen molar-refractivity contribution < 1.29 is 5.11 Å². The van der Waals surface area contributed by atoms with Crippen molar-refractivity contribution in [3.05, 3.63) is 23.8 Å². The van der Waals surface area contributed by atoms with Crippen molar-refractivity contribution in [2.75, 3.05) is 6.61 Å². The van der Waals surface area contributed by atoms with Crippen LogP contribution in [0.3, 0.4) is 0 Å². The largest absolute Gasteiger partial charge is 0.396 e. The van der Waals surface area contributed by atoms with Crippen molar-refractivity contribution in [1.82, 2.24) is 0 Å². The van der Waals surface area contributed by atoms with Gasteiger partial charge in [-0.15, -0.1) is 0 Å². The Morgan fingerprint density at radius 1 is 1.58 bits per heavy atom. The van der Waals surface area contributed by atoms with E-state index in [0.29, 0.717) is 12.5 Å². The maximum atomic E-state index is 8.81. The van der Waals surface area contributed by atoms with Crippen LogP contribution in [0.15, 0.2) is 23.8 Å². The number of allylic oxidation sites excluding steroid dienone is 3. The Morgan fingerprint density at radius 3 is 2.92 bits per heavy atom. The molecule has 0 aliphatic heterocycles. The second-order valence-corrected chi connectivity index (χ2v) is 3.66. The van der Waals surface area contributed by atoms with E-state index < -0.39 is 0 Å². The standard InChI is InChI=1S/C11H18O/c1-3-10-6-9(2)7-11(8-10)4-5-12/h3,11-12H,2,4-8H2,1H3/b10-3+. The summed E-state index contributed by atoms with van der Waals surface area (Å²) in [7, 11) is 0. The number of hydrogen-bond donors (Lipinski definition) is 1. The monoisotopic (exact) mass is 166 g/mol. The fourth-order valence-corrected chi connectivity index (χ4v) is 1.92. The lowest BCUT2D eigenvalue weighted by Gasteiger charge is -2.25. The van der Waals surface area contributed by atoms with Gasteiger partial charge in [-0.05, 0) is 38.5 Å². The molecule has 1 nitrogen and oxygen atoms in total. The summed E-state index contributed by atoms with van der Waals surface area (Å²) in [5.41, 5.74) is 2.82. The van der Waals surface area contributed by atoms with Crippen LogP contribution >= 0.6 is 0 Å². The van der Waals surface area contributed by atoms with Crippen LogP contribution < -0.4 is 0 Å². The number of aliphatic hydroxyl groups excluding tert-OH is 1. The van der Waals surface area contributed by atoms with Crippen LogP contribution in [0.5, 0.6) is 0 Å². The highest BCUT2D eigenvalue weighted by atomic mass is 16.3. The summed E-state index contributed by atoms with van der Waals surface area (Å²) in [5, 5.41) is 8.81. The zero-order valence-electron chi connectivity index (χ0n) is 7.84. The molecule has 0 heterocycles. The molecule has 1 fully saturated rings. The van der Waals surface area contributed by atoms with E-state index in [4.69, 9.17) is 5.11 Å². The second kappa shape index (κ2) is 4.46. The van der Waals surface area contributed by atoms with Gasteiger partial charge in [0, 0.05) is 6.61 Å². The quantitative estimate of drug-likeness (QED) is 0.625. The second-order valence-electron chi connectivity index (χ2n) is 3.66. The zero-order chi connectivity index (χ0) is 8.97. The van der Waals surface area contributed by atoms with Gasteiger partial charge in [-0.3, -0.25) is 0 Å². The maximum absolute atomic E-state index is 8.81. The molecule has 0 bridgehead atoms. The topological polar surface area (TPSA) is 20.2 Å². The summed E-state index contributed by atoms with van der Waals surface area (Å²) < 4.78 is 0. The lowest BCUT2D eigenvalue weighted by Crippen LogP contribution is -2.11. The molecule has 1 atom stereocenters. The molecule has 1 aliphatic rings. The highest BCUT2D eigenvalue weighted by Gasteiger charge is 2.17. The van der Waals surface area contributed by atoms with E-state index in [0.717, 1.165) is 25.7 Å². The van der Waals surface area contributed by atoms with Gasteiger partial charge in [0.05, 0.1) is 0 Å². The first-order valence-electron chi connectivity index (χ1n) is 4.67. The van der Waals surface area contributed by atoms with Crippen LogP contribution in [0, 0.1) is 5.92 Å². The van der Waals surface area contributed by atoms with Crippen LogP contribution in [0.4, 0.5) is 0 Å². The van der Waals surface area contributed by atoms with Crippen molar-refractivity contribution >= 4 is 0 Å². The molecule has 1 heteroatoms. The molecule has 0 aromatic carbocycles. The lowest BCUT2D eigenvalue weighted by molar-refractivity contribution is 0.251. The van der Waals surface area contributed by atoms with Gasteiger partial charge < -0.3 is 5.11 Å². The van der Waals surface area contributed by atoms with Gasteiger partial charge in [0.1, 0.15) is 0 Å². The van der Waals surface area contributed by atoms with Gasteiger partial charge in [0.2, 0.25) is 0 Å².